The molecule has 0 bridgehead atoms. The number of hydrogen-bond donors (Lipinski definition) is 1. The first-order valence-corrected chi connectivity index (χ1v) is 8.70. The smallest absolute Gasteiger partial charge is 0.192 e. The van der Waals surface area contributed by atoms with Crippen LogP contribution in [0.5, 0.6) is 0 Å². The van der Waals surface area contributed by atoms with Crippen LogP contribution in [-0.2, 0) is 42.9 Å². The Morgan fingerprint density at radius 3 is 2.30 bits per heavy atom. The van der Waals surface area contributed by atoms with Crippen LogP contribution in [0.2, 0.25) is 0 Å². The van der Waals surface area contributed by atoms with Gasteiger partial charge in [-0.15, -0.1) is 0 Å². The zero-order valence-corrected chi connectivity index (χ0v) is 16.0. The average Bonchev–Trinajstić information content (AvgIpc) is 2.85. The molecular formula is C14H13AuN3O3S2-2. The van der Waals surface area contributed by atoms with Crippen LogP contribution in [0, 0.1) is 13.8 Å². The Balaban J connectivity index is 0.000000224. The van der Waals surface area contributed by atoms with Crippen LogP contribution in [0.3, 0.4) is 0 Å². The Labute approximate surface area is 154 Å². The molecule has 0 spiro atoms. The van der Waals surface area contributed by atoms with Gasteiger partial charge in [0.2, 0.25) is 0 Å². The summed E-state index contributed by atoms with van der Waals surface area (Å²) in [6.07, 6.45) is 1.65. The van der Waals surface area contributed by atoms with Crippen molar-refractivity contribution in [3.8, 4) is 0 Å². The van der Waals surface area contributed by atoms with E-state index in [0.717, 1.165) is 0 Å². The van der Waals surface area contributed by atoms with E-state index in [1.54, 1.807) is 38.2 Å². The number of aryl methyl sites for hydroxylation is 2. The van der Waals surface area contributed by atoms with Crippen LogP contribution in [0.1, 0.15) is 11.4 Å². The Morgan fingerprint density at radius 1 is 1.17 bits per heavy atom. The number of aromatic nitrogens is 3. The molecule has 0 aliphatic rings. The molecule has 3 rings (SSSR count). The molecule has 1 radical (unpaired) electrons. The minimum Gasteiger partial charge on any atom is -0.644 e. The number of H-pyrrole nitrogens is 1. The normalized spacial score (nSPS) is 10.6. The second kappa shape index (κ2) is 7.98. The molecule has 0 aliphatic heterocycles. The van der Waals surface area contributed by atoms with Crippen molar-refractivity contribution in [2.45, 2.75) is 18.7 Å². The molecule has 0 amide bonds. The van der Waals surface area contributed by atoms with Crippen LogP contribution in [0.4, 0.5) is 0 Å². The van der Waals surface area contributed by atoms with E-state index >= 15 is 0 Å². The molecule has 127 valence electrons. The summed E-state index contributed by atoms with van der Waals surface area (Å²) in [5.74, 6) is 0.629. The molecule has 6 nitrogen and oxygen atoms in total. The molecule has 9 heteroatoms. The number of rotatable bonds is 1. The molecule has 23 heavy (non-hydrogen) atoms. The summed E-state index contributed by atoms with van der Waals surface area (Å²) in [7, 11) is -3.42. The predicted molar refractivity (Wildman–Crippen MR) is 86.2 cm³/mol. The molecule has 0 saturated heterocycles. The Bertz CT molecular complexity index is 950. The van der Waals surface area contributed by atoms with Gasteiger partial charge in [0, 0.05) is 32.9 Å². The molecule has 0 fully saturated rings. The summed E-state index contributed by atoms with van der Waals surface area (Å²) < 4.78 is 21.3. The third kappa shape index (κ3) is 5.08. The first-order valence-electron chi connectivity index (χ1n) is 6.29. The van der Waals surface area contributed by atoms with E-state index in [0.29, 0.717) is 22.6 Å². The fraction of sp³-hybridized carbons (Fsp3) is 0.143. The van der Waals surface area contributed by atoms with Crippen molar-refractivity contribution >= 4 is 31.7 Å². The largest absolute Gasteiger partial charge is 0.644 e. The third-order valence-corrected chi connectivity index (χ3v) is 4.23. The number of fused-ring (bicyclic) bond motifs is 1. The fourth-order valence-corrected chi connectivity index (χ4v) is 2.55. The van der Waals surface area contributed by atoms with Gasteiger partial charge in [0.25, 0.3) is 0 Å². The maximum Gasteiger partial charge on any atom is 0.192 e. The van der Waals surface area contributed by atoms with E-state index < -0.39 is 8.87 Å². The zero-order chi connectivity index (χ0) is 16.3. The van der Waals surface area contributed by atoms with Crippen molar-refractivity contribution in [2.75, 3.05) is 0 Å². The second-order valence-electron chi connectivity index (χ2n) is 4.54. The maximum atomic E-state index is 11.4. The molecular weight excluding hydrogens is 519 g/mol. The quantitative estimate of drug-likeness (QED) is 0.290. The van der Waals surface area contributed by atoms with Crippen molar-refractivity contribution in [1.82, 2.24) is 15.0 Å². The van der Waals surface area contributed by atoms with Crippen molar-refractivity contribution in [2.24, 2.45) is 0 Å². The summed E-state index contributed by atoms with van der Waals surface area (Å²) in [4.78, 5) is 22.6. The Morgan fingerprint density at radius 2 is 1.78 bits per heavy atom. The number of nitrogens with zero attached hydrogens (tertiary/aromatic N) is 2. The summed E-state index contributed by atoms with van der Waals surface area (Å²) in [6.45, 7) is 3.52. The topological polar surface area (TPSA) is 94.0 Å². The van der Waals surface area contributed by atoms with Crippen LogP contribution in [0.25, 0.3) is 11.2 Å². The minimum absolute atomic E-state index is 0. The average molecular weight is 532 g/mol. The van der Waals surface area contributed by atoms with E-state index in [4.69, 9.17) is 0 Å². The number of benzene rings is 1. The van der Waals surface area contributed by atoms with Gasteiger partial charge in [-0.2, -0.15) is 0 Å². The first kappa shape index (κ1) is 19.7. The number of pyridine rings is 1. The van der Waals surface area contributed by atoms with Gasteiger partial charge in [0.1, 0.15) is 0 Å². The van der Waals surface area contributed by atoms with Crippen molar-refractivity contribution in [3.63, 3.8) is 0 Å². The molecule has 1 aromatic carbocycles. The van der Waals surface area contributed by atoms with E-state index in [9.17, 15) is 13.2 Å². The molecule has 2 heterocycles. The second-order valence-corrected chi connectivity index (χ2v) is 7.23. The Hall–Kier alpha value is -1.32. The Kier molecular flexibility index (Phi) is 6.84. The number of hydrogen-bond acceptors (Lipinski definition) is 5. The van der Waals surface area contributed by atoms with Crippen molar-refractivity contribution < 1.29 is 30.8 Å². The van der Waals surface area contributed by atoms with Gasteiger partial charge >= 0.3 is 0 Å². The van der Waals surface area contributed by atoms with Gasteiger partial charge in [-0.25, -0.2) is 8.42 Å². The standard InChI is InChI=1S/C8H9N3O.C6H6O2S2.Au/c1-4-3-9-8-6(7(4)12)10-5(2)11-8;7-10(8,9)6-4-2-1-3-5-6;/h3H,1-2H3,(H2,9,10,11,12);1-5H,(H,7,8,9);/p-2. The summed E-state index contributed by atoms with van der Waals surface area (Å²) in [6, 6.07) is 7.97. The fourth-order valence-electron chi connectivity index (χ4n) is 1.73. The monoisotopic (exact) mass is 532 g/mol. The van der Waals surface area contributed by atoms with E-state index in [-0.39, 0.29) is 32.7 Å². The SMILES string of the molecule is Cc1nc2c(=O)c(C)c[nH]c2[n-]1.O=S(=O)([S-])c1ccccc1.[Au]. The summed E-state index contributed by atoms with van der Waals surface area (Å²) >= 11 is 4.22. The molecule has 2 aromatic heterocycles. The molecule has 0 unspecified atom stereocenters. The maximum absolute atomic E-state index is 11.4. The van der Waals surface area contributed by atoms with Gasteiger partial charge < -0.3 is 26.6 Å². The van der Waals surface area contributed by atoms with E-state index in [2.05, 4.69) is 26.6 Å². The van der Waals surface area contributed by atoms with Gasteiger partial charge in [0.05, 0.1) is 14.4 Å². The van der Waals surface area contributed by atoms with E-state index in [1.165, 1.54) is 12.1 Å². The van der Waals surface area contributed by atoms with Crippen molar-refractivity contribution in [3.05, 3.63) is 58.1 Å². The van der Waals surface area contributed by atoms with Gasteiger partial charge in [-0.1, -0.05) is 18.2 Å². The predicted octanol–water partition coefficient (Wildman–Crippen LogP) is 1.42. The first-order chi connectivity index (χ1) is 10.3. The number of imidazole rings is 1. The van der Waals surface area contributed by atoms with Crippen LogP contribution < -0.4 is 10.4 Å². The van der Waals surface area contributed by atoms with Crippen LogP contribution in [0.15, 0.2) is 46.2 Å². The van der Waals surface area contributed by atoms with Crippen LogP contribution in [-0.4, -0.2) is 18.4 Å². The summed E-state index contributed by atoms with van der Waals surface area (Å²) in [5.41, 5.74) is 1.64. The van der Waals surface area contributed by atoms with Gasteiger partial charge in [-0.3, -0.25) is 4.79 Å². The molecule has 1 N–H and O–H groups in total. The third-order valence-electron chi connectivity index (χ3n) is 2.80. The molecule has 3 aromatic rings. The van der Waals surface area contributed by atoms with Crippen LogP contribution >= 0.6 is 0 Å². The zero-order valence-electron chi connectivity index (χ0n) is 12.2. The van der Waals surface area contributed by atoms with Gasteiger partial charge in [-0.05, 0) is 43.6 Å². The van der Waals surface area contributed by atoms with Crippen molar-refractivity contribution in [1.29, 1.82) is 0 Å². The molecule has 0 aliphatic carbocycles. The molecule has 0 atom stereocenters. The number of nitrogens with one attached hydrogen (secondary N) is 1. The van der Waals surface area contributed by atoms with E-state index in [1.807, 2.05) is 0 Å². The van der Waals surface area contributed by atoms with Gasteiger partial charge in [0.15, 0.2) is 5.43 Å². The molecule has 0 saturated carbocycles. The minimum atomic E-state index is -3.42. The number of aromatic amines is 1. The summed E-state index contributed by atoms with van der Waals surface area (Å²) in [5, 5.41) is 0.